The van der Waals surface area contributed by atoms with Gasteiger partial charge in [0.2, 0.25) is 0 Å². The zero-order valence-corrected chi connectivity index (χ0v) is 18.8. The van der Waals surface area contributed by atoms with E-state index in [1.54, 1.807) is 4.90 Å². The van der Waals surface area contributed by atoms with Crippen LogP contribution in [0, 0.1) is 0 Å². The Kier molecular flexibility index (Phi) is 5.82. The largest absolute Gasteiger partial charge is 0.507 e. The van der Waals surface area contributed by atoms with Crippen molar-refractivity contribution in [2.75, 3.05) is 4.90 Å². The summed E-state index contributed by atoms with van der Waals surface area (Å²) in [5.74, 6) is 1.02. The maximum atomic E-state index is 13.4. The minimum Gasteiger partial charge on any atom is -0.507 e. The Morgan fingerprint density at radius 3 is 2.42 bits per heavy atom. The van der Waals surface area contributed by atoms with E-state index in [0.717, 1.165) is 27.3 Å². The molecule has 0 radical (unpaired) electrons. The van der Waals surface area contributed by atoms with Crippen molar-refractivity contribution < 1.29 is 9.90 Å². The number of tetrazole rings is 1. The number of carbonyl (C=O) groups is 1. The van der Waals surface area contributed by atoms with Gasteiger partial charge in [0.15, 0.2) is 5.82 Å². The number of phenols is 1. The summed E-state index contributed by atoms with van der Waals surface area (Å²) in [7, 11) is 0. The standard InChI is InChI=1S/C23H25N5O2S/c1-13(2)16-9-15(10-17(14(3)4)22(16)29)11-20-23(30)28(12-21-24-26-27-25-21)18-7-5-6-8-19(18)31-20/h5-11,13-14,29H,12H2,1-4H3,(H,24,25,26,27)/b20-11-. The number of hydrogen-bond donors (Lipinski definition) is 2. The molecule has 0 atom stereocenters. The van der Waals surface area contributed by atoms with Crippen molar-refractivity contribution in [3.05, 3.63) is 63.8 Å². The molecule has 2 heterocycles. The van der Waals surface area contributed by atoms with Crippen LogP contribution in [0.25, 0.3) is 6.08 Å². The molecule has 0 saturated carbocycles. The van der Waals surface area contributed by atoms with Gasteiger partial charge < -0.3 is 5.11 Å². The third-order valence-electron chi connectivity index (χ3n) is 5.25. The molecule has 31 heavy (non-hydrogen) atoms. The molecule has 0 fully saturated rings. The summed E-state index contributed by atoms with van der Waals surface area (Å²) < 4.78 is 0. The quantitative estimate of drug-likeness (QED) is 0.557. The number of thioether (sulfide) groups is 1. The third kappa shape index (κ3) is 4.20. The van der Waals surface area contributed by atoms with Crippen molar-refractivity contribution in [2.24, 2.45) is 0 Å². The van der Waals surface area contributed by atoms with Gasteiger partial charge in [-0.05, 0) is 58.9 Å². The van der Waals surface area contributed by atoms with E-state index in [1.165, 1.54) is 11.8 Å². The molecule has 2 N–H and O–H groups in total. The van der Waals surface area contributed by atoms with Crippen molar-refractivity contribution in [1.82, 2.24) is 20.6 Å². The molecule has 1 amide bonds. The first-order chi connectivity index (χ1) is 14.8. The smallest absolute Gasteiger partial charge is 0.265 e. The number of nitrogens with one attached hydrogen (secondary N) is 1. The molecule has 0 saturated heterocycles. The van der Waals surface area contributed by atoms with Crippen LogP contribution in [0.2, 0.25) is 0 Å². The predicted molar refractivity (Wildman–Crippen MR) is 122 cm³/mol. The van der Waals surface area contributed by atoms with E-state index in [9.17, 15) is 9.90 Å². The van der Waals surface area contributed by atoms with E-state index in [0.29, 0.717) is 16.5 Å². The Morgan fingerprint density at radius 1 is 1.13 bits per heavy atom. The highest BCUT2D eigenvalue weighted by molar-refractivity contribution is 8.04. The molecular weight excluding hydrogens is 410 g/mol. The zero-order valence-electron chi connectivity index (χ0n) is 18.0. The third-order valence-corrected chi connectivity index (χ3v) is 6.33. The summed E-state index contributed by atoms with van der Waals surface area (Å²) in [6.07, 6.45) is 1.91. The van der Waals surface area contributed by atoms with E-state index < -0.39 is 0 Å². The minimum absolute atomic E-state index is 0.112. The van der Waals surface area contributed by atoms with Gasteiger partial charge in [0.25, 0.3) is 5.91 Å². The molecule has 0 aliphatic carbocycles. The lowest BCUT2D eigenvalue weighted by atomic mass is 9.91. The molecule has 4 rings (SSSR count). The van der Waals surface area contributed by atoms with Crippen LogP contribution < -0.4 is 4.90 Å². The van der Waals surface area contributed by atoms with E-state index in [1.807, 2.05) is 42.5 Å². The monoisotopic (exact) mass is 435 g/mol. The summed E-state index contributed by atoms with van der Waals surface area (Å²) in [5, 5.41) is 24.7. The molecular formula is C23H25N5O2S. The number of anilines is 1. The number of aromatic hydroxyl groups is 1. The van der Waals surface area contributed by atoms with Crippen LogP contribution in [0.5, 0.6) is 5.75 Å². The summed E-state index contributed by atoms with van der Waals surface area (Å²) in [6, 6.07) is 11.7. The average molecular weight is 436 g/mol. The number of H-pyrrole nitrogens is 1. The van der Waals surface area contributed by atoms with Crippen molar-refractivity contribution >= 4 is 29.4 Å². The first kappa shape index (κ1) is 21.1. The number of hydrogen-bond acceptors (Lipinski definition) is 6. The molecule has 3 aromatic rings. The van der Waals surface area contributed by atoms with Gasteiger partial charge in [0.1, 0.15) is 5.75 Å². The molecule has 0 unspecified atom stereocenters. The van der Waals surface area contributed by atoms with Crippen LogP contribution in [-0.2, 0) is 11.3 Å². The van der Waals surface area contributed by atoms with Crippen LogP contribution in [0.4, 0.5) is 5.69 Å². The van der Waals surface area contributed by atoms with E-state index in [-0.39, 0.29) is 24.3 Å². The number of benzene rings is 2. The molecule has 0 spiro atoms. The van der Waals surface area contributed by atoms with Crippen molar-refractivity contribution in [3.63, 3.8) is 0 Å². The Morgan fingerprint density at radius 2 is 1.81 bits per heavy atom. The first-order valence-corrected chi connectivity index (χ1v) is 11.1. The van der Waals surface area contributed by atoms with Gasteiger partial charge in [0, 0.05) is 4.90 Å². The number of fused-ring (bicyclic) bond motifs is 1. The highest BCUT2D eigenvalue weighted by Gasteiger charge is 2.30. The van der Waals surface area contributed by atoms with Crippen molar-refractivity contribution in [2.45, 2.75) is 51.0 Å². The van der Waals surface area contributed by atoms with Crippen molar-refractivity contribution in [3.8, 4) is 5.75 Å². The summed E-state index contributed by atoms with van der Waals surface area (Å²) in [6.45, 7) is 8.45. The minimum atomic E-state index is -0.112. The molecule has 0 bridgehead atoms. The maximum Gasteiger partial charge on any atom is 0.265 e. The molecule has 1 aromatic heterocycles. The Bertz CT molecular complexity index is 1110. The Balaban J connectivity index is 1.78. The SMILES string of the molecule is CC(C)c1cc(/C=C2\Sc3ccccc3N(Cc3nn[nH]n3)C2=O)cc(C(C)C)c1O. The number of nitrogens with zero attached hydrogens (tertiary/aromatic N) is 4. The maximum absolute atomic E-state index is 13.4. The van der Waals surface area contributed by atoms with Crippen LogP contribution in [0.1, 0.15) is 62.0 Å². The van der Waals surface area contributed by atoms with E-state index in [2.05, 4.69) is 48.3 Å². The number of aromatic amines is 1. The van der Waals surface area contributed by atoms with Crippen molar-refractivity contribution in [1.29, 1.82) is 0 Å². The highest BCUT2D eigenvalue weighted by Crippen LogP contribution is 2.43. The van der Waals surface area contributed by atoms with Gasteiger partial charge in [-0.3, -0.25) is 9.69 Å². The van der Waals surface area contributed by atoms with Crippen LogP contribution in [0.15, 0.2) is 46.2 Å². The summed E-state index contributed by atoms with van der Waals surface area (Å²) in [4.78, 5) is 16.7. The predicted octanol–water partition coefficient (Wildman–Crippen LogP) is 4.83. The molecule has 2 aromatic carbocycles. The van der Waals surface area contributed by atoms with Gasteiger partial charge in [0.05, 0.1) is 17.1 Å². The fourth-order valence-corrected chi connectivity index (χ4v) is 4.69. The lowest BCUT2D eigenvalue weighted by Crippen LogP contribution is -2.34. The number of para-hydroxylation sites is 1. The number of aromatic nitrogens is 4. The highest BCUT2D eigenvalue weighted by atomic mass is 32.2. The Hall–Kier alpha value is -3.13. The number of carbonyl (C=O) groups excluding carboxylic acids is 1. The second-order valence-corrected chi connectivity index (χ2v) is 9.24. The number of phenolic OH excluding ortho intramolecular Hbond substituents is 1. The van der Waals surface area contributed by atoms with Gasteiger partial charge in [-0.25, -0.2) is 0 Å². The summed E-state index contributed by atoms with van der Waals surface area (Å²) in [5.41, 5.74) is 3.50. The number of amides is 1. The van der Waals surface area contributed by atoms with E-state index in [4.69, 9.17) is 0 Å². The topological polar surface area (TPSA) is 95.0 Å². The van der Waals surface area contributed by atoms with E-state index >= 15 is 0 Å². The second-order valence-electron chi connectivity index (χ2n) is 8.16. The first-order valence-electron chi connectivity index (χ1n) is 10.2. The van der Waals surface area contributed by atoms with Gasteiger partial charge in [-0.15, -0.1) is 10.2 Å². The number of rotatable bonds is 5. The molecule has 160 valence electrons. The van der Waals surface area contributed by atoms with Gasteiger partial charge in [-0.1, -0.05) is 56.8 Å². The lowest BCUT2D eigenvalue weighted by Gasteiger charge is -2.29. The fourth-order valence-electron chi connectivity index (χ4n) is 3.63. The fraction of sp³-hybridized carbons (Fsp3) is 0.304. The molecule has 8 heteroatoms. The normalized spacial score (nSPS) is 15.2. The van der Waals surface area contributed by atoms with Crippen LogP contribution >= 0.6 is 11.8 Å². The summed E-state index contributed by atoms with van der Waals surface area (Å²) >= 11 is 1.45. The van der Waals surface area contributed by atoms with Gasteiger partial charge >= 0.3 is 0 Å². The second kappa shape index (κ2) is 8.55. The average Bonchev–Trinajstić information content (AvgIpc) is 3.25. The molecule has 7 nitrogen and oxygen atoms in total. The lowest BCUT2D eigenvalue weighted by molar-refractivity contribution is -0.114. The van der Waals surface area contributed by atoms with Gasteiger partial charge in [-0.2, -0.15) is 5.21 Å². The Labute approximate surface area is 185 Å². The zero-order chi connectivity index (χ0) is 22.1. The molecule has 1 aliphatic heterocycles. The van der Waals surface area contributed by atoms with Crippen LogP contribution in [-0.4, -0.2) is 31.6 Å². The molecule has 1 aliphatic rings. The van der Waals surface area contributed by atoms with Crippen LogP contribution in [0.3, 0.4) is 0 Å².